The highest BCUT2D eigenvalue weighted by Crippen LogP contribution is 2.22. The van der Waals surface area contributed by atoms with Gasteiger partial charge in [0.15, 0.2) is 0 Å². The number of nitro groups is 1. The molecule has 0 saturated heterocycles. The van der Waals surface area contributed by atoms with Crippen LogP contribution in [0.15, 0.2) is 18.2 Å². The van der Waals surface area contributed by atoms with Gasteiger partial charge in [0.25, 0.3) is 5.69 Å². The fourth-order valence-electron chi connectivity index (χ4n) is 1.07. The van der Waals surface area contributed by atoms with Crippen molar-refractivity contribution in [3.63, 3.8) is 0 Å². The average molecular weight is 218 g/mol. The molecule has 0 radical (unpaired) electrons. The molecule has 5 nitrogen and oxygen atoms in total. The number of benzene rings is 1. The number of nitro benzene ring substituents is 1. The van der Waals surface area contributed by atoms with Crippen molar-refractivity contribution in [1.29, 1.82) is 0 Å². The van der Waals surface area contributed by atoms with E-state index in [0.717, 1.165) is 0 Å². The van der Waals surface area contributed by atoms with Gasteiger partial charge >= 0.3 is 5.97 Å². The third-order valence-corrected chi connectivity index (χ3v) is 1.65. The van der Waals surface area contributed by atoms with Crippen LogP contribution in [-0.4, -0.2) is 16.0 Å². The lowest BCUT2D eigenvalue weighted by Crippen LogP contribution is -2.03. The largest absolute Gasteiger partial charge is 0.477 e. The molecule has 0 saturated carbocycles. The van der Waals surface area contributed by atoms with Gasteiger partial charge < -0.3 is 5.11 Å². The number of carboxylic acids is 1. The highest BCUT2D eigenvalue weighted by molar-refractivity contribution is 5.92. The second-order valence-corrected chi connectivity index (χ2v) is 2.53. The Morgan fingerprint density at radius 3 is 2.43 bits per heavy atom. The predicted octanol–water partition coefficient (Wildman–Crippen LogP) is 2.02. The van der Waals surface area contributed by atoms with E-state index in [2.05, 4.69) is 0 Å². The van der Waals surface area contributed by atoms with Crippen molar-refractivity contribution < 1.29 is 14.8 Å². The fraction of sp³-hybridized carbons (Fsp3) is 0.125. The second-order valence-electron chi connectivity index (χ2n) is 2.53. The Morgan fingerprint density at radius 2 is 2.07 bits per heavy atom. The van der Waals surface area contributed by atoms with Gasteiger partial charge in [-0.2, -0.15) is 0 Å². The maximum absolute atomic E-state index is 10.6. The summed E-state index contributed by atoms with van der Waals surface area (Å²) >= 11 is 0. The van der Waals surface area contributed by atoms with Gasteiger partial charge in [-0.3, -0.25) is 10.1 Å². The molecule has 1 rings (SSSR count). The molecule has 76 valence electrons. The van der Waals surface area contributed by atoms with Crippen molar-refractivity contribution in [3.8, 4) is 0 Å². The van der Waals surface area contributed by atoms with Crippen molar-refractivity contribution >= 4 is 24.1 Å². The summed E-state index contributed by atoms with van der Waals surface area (Å²) in [6, 6.07) is 4.20. The van der Waals surface area contributed by atoms with E-state index in [9.17, 15) is 14.9 Å². The summed E-state index contributed by atoms with van der Waals surface area (Å²) in [6.45, 7) is 1.50. The Hall–Kier alpha value is -1.62. The molecule has 0 spiro atoms. The molecule has 0 aliphatic carbocycles. The lowest BCUT2D eigenvalue weighted by atomic mass is 10.1. The van der Waals surface area contributed by atoms with Gasteiger partial charge in [0, 0.05) is 5.56 Å². The Labute approximate surface area is 85.9 Å². The van der Waals surface area contributed by atoms with Crippen LogP contribution < -0.4 is 0 Å². The van der Waals surface area contributed by atoms with E-state index in [1.54, 1.807) is 0 Å². The first-order valence-corrected chi connectivity index (χ1v) is 3.51. The minimum atomic E-state index is -1.28. The Morgan fingerprint density at radius 1 is 1.50 bits per heavy atom. The third kappa shape index (κ3) is 2.20. The number of para-hydroxylation sites is 1. The molecule has 1 aromatic carbocycles. The van der Waals surface area contributed by atoms with Crippen molar-refractivity contribution in [2.45, 2.75) is 6.92 Å². The zero-order valence-corrected chi connectivity index (χ0v) is 8.08. The standard InChI is InChI=1S/C8H7NO4.ClH/c1-5-3-2-4-6(8(10)11)7(5)9(12)13;/h2-4H,1H3,(H,10,11);1H. The van der Waals surface area contributed by atoms with Gasteiger partial charge in [0.2, 0.25) is 0 Å². The number of aromatic carboxylic acids is 1. The summed E-state index contributed by atoms with van der Waals surface area (Å²) in [5.74, 6) is -1.28. The molecule has 0 fully saturated rings. The average Bonchev–Trinajstić information content (AvgIpc) is 2.02. The van der Waals surface area contributed by atoms with Gasteiger partial charge in [-0.1, -0.05) is 12.1 Å². The molecule has 1 N–H and O–H groups in total. The highest BCUT2D eigenvalue weighted by atomic mass is 35.5. The normalized spacial score (nSPS) is 8.93. The maximum Gasteiger partial charge on any atom is 0.342 e. The summed E-state index contributed by atoms with van der Waals surface area (Å²) in [4.78, 5) is 20.4. The zero-order chi connectivity index (χ0) is 10.0. The molecule has 0 aliphatic rings. The third-order valence-electron chi connectivity index (χ3n) is 1.65. The van der Waals surface area contributed by atoms with Crippen LogP contribution >= 0.6 is 12.4 Å². The van der Waals surface area contributed by atoms with Crippen LogP contribution in [0.5, 0.6) is 0 Å². The maximum atomic E-state index is 10.6. The second kappa shape index (κ2) is 4.57. The Balaban J connectivity index is 0.00000169. The quantitative estimate of drug-likeness (QED) is 0.607. The summed E-state index contributed by atoms with van der Waals surface area (Å²) in [7, 11) is 0. The van der Waals surface area contributed by atoms with Crippen LogP contribution in [0, 0.1) is 17.0 Å². The van der Waals surface area contributed by atoms with E-state index >= 15 is 0 Å². The number of rotatable bonds is 2. The monoisotopic (exact) mass is 217 g/mol. The Kier molecular flexibility index (Phi) is 4.04. The molecular formula is C8H8ClNO4. The van der Waals surface area contributed by atoms with Gasteiger partial charge in [-0.05, 0) is 13.0 Å². The Bertz CT molecular complexity index is 378. The minimum absolute atomic E-state index is 0. The number of nitrogens with zero attached hydrogens (tertiary/aromatic N) is 1. The molecule has 0 heterocycles. The predicted molar refractivity (Wildman–Crippen MR) is 52.0 cm³/mol. The minimum Gasteiger partial charge on any atom is -0.477 e. The van der Waals surface area contributed by atoms with Crippen LogP contribution in [0.2, 0.25) is 0 Å². The summed E-state index contributed by atoms with van der Waals surface area (Å²) in [6.07, 6.45) is 0. The molecule has 0 unspecified atom stereocenters. The SMILES string of the molecule is Cc1cccc(C(=O)O)c1[N+](=O)[O-].Cl. The summed E-state index contributed by atoms with van der Waals surface area (Å²) in [5.41, 5.74) is -0.259. The van der Waals surface area contributed by atoms with Crippen LogP contribution in [0.3, 0.4) is 0 Å². The van der Waals surface area contributed by atoms with Crippen molar-refractivity contribution in [1.82, 2.24) is 0 Å². The van der Waals surface area contributed by atoms with Crippen LogP contribution in [0.1, 0.15) is 15.9 Å². The summed E-state index contributed by atoms with van der Waals surface area (Å²) < 4.78 is 0. The smallest absolute Gasteiger partial charge is 0.342 e. The molecule has 14 heavy (non-hydrogen) atoms. The zero-order valence-electron chi connectivity index (χ0n) is 7.26. The van der Waals surface area contributed by atoms with Crippen LogP contribution in [0.4, 0.5) is 5.69 Å². The highest BCUT2D eigenvalue weighted by Gasteiger charge is 2.21. The number of carbonyl (C=O) groups is 1. The molecule has 0 atom stereocenters. The van der Waals surface area contributed by atoms with Crippen molar-refractivity contribution in [2.75, 3.05) is 0 Å². The van der Waals surface area contributed by atoms with Gasteiger partial charge in [-0.25, -0.2) is 4.79 Å². The molecular weight excluding hydrogens is 210 g/mol. The first-order valence-electron chi connectivity index (χ1n) is 3.51. The van der Waals surface area contributed by atoms with Crippen LogP contribution in [-0.2, 0) is 0 Å². The molecule has 1 aromatic rings. The number of hydrogen-bond acceptors (Lipinski definition) is 3. The van der Waals surface area contributed by atoms with Gasteiger partial charge in [-0.15, -0.1) is 12.4 Å². The molecule has 0 aliphatic heterocycles. The molecule has 0 amide bonds. The van der Waals surface area contributed by atoms with E-state index < -0.39 is 10.9 Å². The van der Waals surface area contributed by atoms with E-state index in [0.29, 0.717) is 5.56 Å². The first kappa shape index (κ1) is 12.4. The van der Waals surface area contributed by atoms with Crippen molar-refractivity contribution in [2.24, 2.45) is 0 Å². The number of halogens is 1. The van der Waals surface area contributed by atoms with E-state index in [-0.39, 0.29) is 23.7 Å². The lowest BCUT2D eigenvalue weighted by Gasteiger charge is -1.99. The first-order chi connectivity index (χ1) is 6.04. The number of hydrogen-bond donors (Lipinski definition) is 1. The van der Waals surface area contributed by atoms with E-state index in [4.69, 9.17) is 5.11 Å². The van der Waals surface area contributed by atoms with Gasteiger partial charge in [0.05, 0.1) is 4.92 Å². The van der Waals surface area contributed by atoms with Crippen LogP contribution in [0.25, 0.3) is 0 Å². The molecule has 0 bridgehead atoms. The fourth-order valence-corrected chi connectivity index (χ4v) is 1.07. The molecule has 0 aromatic heterocycles. The topological polar surface area (TPSA) is 80.4 Å². The summed E-state index contributed by atoms with van der Waals surface area (Å²) in [5, 5.41) is 19.1. The number of carboxylic acid groups (broad SMARTS) is 1. The lowest BCUT2D eigenvalue weighted by molar-refractivity contribution is -0.385. The van der Waals surface area contributed by atoms with Gasteiger partial charge in [0.1, 0.15) is 5.56 Å². The van der Waals surface area contributed by atoms with E-state index in [1.807, 2.05) is 0 Å². The molecule has 6 heteroatoms. The number of aryl methyl sites for hydroxylation is 1. The van der Waals surface area contributed by atoms with E-state index in [1.165, 1.54) is 25.1 Å². The van der Waals surface area contributed by atoms with Crippen molar-refractivity contribution in [3.05, 3.63) is 39.4 Å².